The van der Waals surface area contributed by atoms with Gasteiger partial charge < -0.3 is 19.7 Å². The molecule has 0 spiro atoms. The number of fused-ring (bicyclic) bond motifs is 1. The van der Waals surface area contributed by atoms with Gasteiger partial charge in [0.05, 0.1) is 19.2 Å². The minimum atomic E-state index is -0.639. The standard InChI is InChI=1S/C19H17N3O5S/c1-26-16(23)11-27-19(25)22-8-7-13-14(9-20)18(28-15(13)10-22)21-17(24)12-5-3-2-4-6-12/h2-6H,7-8,10-11H2,1H3,(H,21,24). The van der Waals surface area contributed by atoms with Gasteiger partial charge in [0, 0.05) is 17.0 Å². The first-order chi connectivity index (χ1) is 13.5. The summed E-state index contributed by atoms with van der Waals surface area (Å²) in [6.07, 6.45) is -0.165. The van der Waals surface area contributed by atoms with Gasteiger partial charge in [0.25, 0.3) is 5.91 Å². The van der Waals surface area contributed by atoms with E-state index in [0.717, 1.165) is 10.4 Å². The summed E-state index contributed by atoms with van der Waals surface area (Å²) in [6, 6.07) is 10.9. The third-order valence-corrected chi connectivity index (χ3v) is 5.36. The highest BCUT2D eigenvalue weighted by molar-refractivity contribution is 7.16. The van der Waals surface area contributed by atoms with E-state index in [-0.39, 0.29) is 12.5 Å². The number of thiophene rings is 1. The predicted octanol–water partition coefficient (Wildman–Crippen LogP) is 2.54. The molecule has 0 saturated heterocycles. The minimum absolute atomic E-state index is 0.246. The van der Waals surface area contributed by atoms with Crippen LogP contribution in [0.25, 0.3) is 0 Å². The van der Waals surface area contributed by atoms with E-state index in [1.165, 1.54) is 23.3 Å². The van der Waals surface area contributed by atoms with Gasteiger partial charge in [0.1, 0.15) is 11.1 Å². The van der Waals surface area contributed by atoms with Crippen molar-refractivity contribution in [2.45, 2.75) is 13.0 Å². The maximum atomic E-state index is 12.4. The molecule has 0 unspecified atom stereocenters. The van der Waals surface area contributed by atoms with Crippen molar-refractivity contribution < 1.29 is 23.9 Å². The Labute approximate surface area is 165 Å². The Morgan fingerprint density at radius 1 is 1.29 bits per heavy atom. The Morgan fingerprint density at radius 3 is 2.71 bits per heavy atom. The average Bonchev–Trinajstić information content (AvgIpc) is 3.08. The summed E-state index contributed by atoms with van der Waals surface area (Å²) in [7, 11) is 1.21. The molecule has 2 amide bonds. The summed E-state index contributed by atoms with van der Waals surface area (Å²) < 4.78 is 9.36. The van der Waals surface area contributed by atoms with Crippen LogP contribution < -0.4 is 5.32 Å². The number of esters is 1. The molecule has 8 nitrogen and oxygen atoms in total. The number of hydrogen-bond acceptors (Lipinski definition) is 7. The fraction of sp³-hybridized carbons (Fsp3) is 0.263. The summed E-state index contributed by atoms with van der Waals surface area (Å²) in [6.45, 7) is 0.144. The SMILES string of the molecule is COC(=O)COC(=O)N1CCc2c(sc(NC(=O)c3ccccc3)c2C#N)C1. The number of nitrogens with one attached hydrogen (secondary N) is 1. The highest BCUT2D eigenvalue weighted by Crippen LogP contribution is 2.37. The lowest BCUT2D eigenvalue weighted by molar-refractivity contribution is -0.144. The molecule has 2 aromatic rings. The Morgan fingerprint density at radius 2 is 2.04 bits per heavy atom. The first-order valence-corrected chi connectivity index (χ1v) is 9.24. The molecule has 0 saturated carbocycles. The highest BCUT2D eigenvalue weighted by atomic mass is 32.1. The van der Waals surface area contributed by atoms with Gasteiger partial charge in [-0.05, 0) is 24.1 Å². The van der Waals surface area contributed by atoms with Crippen molar-refractivity contribution in [1.82, 2.24) is 4.90 Å². The monoisotopic (exact) mass is 399 g/mol. The zero-order valence-electron chi connectivity index (χ0n) is 15.1. The Kier molecular flexibility index (Phi) is 5.91. The lowest BCUT2D eigenvalue weighted by atomic mass is 10.0. The number of amides is 2. The lowest BCUT2D eigenvalue weighted by Crippen LogP contribution is -2.36. The van der Waals surface area contributed by atoms with Crippen LogP contribution in [0.5, 0.6) is 0 Å². The predicted molar refractivity (Wildman–Crippen MR) is 101 cm³/mol. The molecule has 1 N–H and O–H groups in total. The smallest absolute Gasteiger partial charge is 0.410 e. The van der Waals surface area contributed by atoms with Crippen LogP contribution in [0.4, 0.5) is 9.80 Å². The highest BCUT2D eigenvalue weighted by Gasteiger charge is 2.28. The number of carbonyl (C=O) groups excluding carboxylic acids is 3. The molecule has 9 heteroatoms. The van der Waals surface area contributed by atoms with Crippen LogP contribution >= 0.6 is 11.3 Å². The third-order valence-electron chi connectivity index (χ3n) is 4.23. The van der Waals surface area contributed by atoms with Gasteiger partial charge in [0.15, 0.2) is 6.61 Å². The van der Waals surface area contributed by atoms with Crippen LogP contribution in [0.15, 0.2) is 30.3 Å². The van der Waals surface area contributed by atoms with Gasteiger partial charge in [-0.15, -0.1) is 11.3 Å². The van der Waals surface area contributed by atoms with Gasteiger partial charge in [-0.2, -0.15) is 5.26 Å². The quantitative estimate of drug-likeness (QED) is 0.792. The van der Waals surface area contributed by atoms with E-state index in [9.17, 15) is 19.6 Å². The number of rotatable bonds is 4. The van der Waals surface area contributed by atoms with E-state index in [0.29, 0.717) is 29.1 Å². The summed E-state index contributed by atoms with van der Waals surface area (Å²) in [4.78, 5) is 37.9. The van der Waals surface area contributed by atoms with Gasteiger partial charge >= 0.3 is 12.1 Å². The first kappa shape index (κ1) is 19.4. The molecule has 1 aromatic heterocycles. The van der Waals surface area contributed by atoms with Gasteiger partial charge in [-0.3, -0.25) is 4.79 Å². The number of ether oxygens (including phenoxy) is 2. The summed E-state index contributed by atoms with van der Waals surface area (Å²) in [5.74, 6) is -0.940. The fourth-order valence-corrected chi connectivity index (χ4v) is 4.01. The first-order valence-electron chi connectivity index (χ1n) is 8.43. The zero-order valence-corrected chi connectivity index (χ0v) is 15.9. The molecule has 144 valence electrons. The number of benzene rings is 1. The van der Waals surface area contributed by atoms with Crippen molar-refractivity contribution in [2.75, 3.05) is 25.6 Å². The van der Waals surface area contributed by atoms with E-state index < -0.39 is 18.7 Å². The Hall–Kier alpha value is -3.38. The molecule has 1 aliphatic rings. The molecular formula is C19H17N3O5S. The molecule has 0 fully saturated rings. The van der Waals surface area contributed by atoms with E-state index in [1.807, 2.05) is 6.07 Å². The molecule has 0 bridgehead atoms. The molecule has 2 heterocycles. The maximum absolute atomic E-state index is 12.4. The molecule has 1 aliphatic heterocycles. The third kappa shape index (κ3) is 4.13. The maximum Gasteiger partial charge on any atom is 0.410 e. The molecular weight excluding hydrogens is 382 g/mol. The van der Waals surface area contributed by atoms with Crippen LogP contribution in [-0.2, 0) is 27.2 Å². The van der Waals surface area contributed by atoms with Crippen molar-refractivity contribution in [3.05, 3.63) is 51.9 Å². The van der Waals surface area contributed by atoms with Gasteiger partial charge in [-0.1, -0.05) is 18.2 Å². The number of carbonyl (C=O) groups is 3. The van der Waals surface area contributed by atoms with Crippen LogP contribution in [0.2, 0.25) is 0 Å². The second-order valence-corrected chi connectivity index (χ2v) is 7.05. The van der Waals surface area contributed by atoms with E-state index in [1.54, 1.807) is 24.3 Å². The van der Waals surface area contributed by atoms with Crippen LogP contribution in [0, 0.1) is 11.3 Å². The topological polar surface area (TPSA) is 109 Å². The van der Waals surface area contributed by atoms with E-state index >= 15 is 0 Å². The van der Waals surface area contributed by atoms with Crippen molar-refractivity contribution in [3.63, 3.8) is 0 Å². The Balaban J connectivity index is 1.73. The summed E-state index contributed by atoms with van der Waals surface area (Å²) >= 11 is 1.26. The average molecular weight is 399 g/mol. The van der Waals surface area contributed by atoms with Crippen molar-refractivity contribution in [1.29, 1.82) is 5.26 Å². The fourth-order valence-electron chi connectivity index (χ4n) is 2.80. The minimum Gasteiger partial charge on any atom is -0.466 e. The van der Waals surface area contributed by atoms with Gasteiger partial charge in [0.2, 0.25) is 0 Å². The van der Waals surface area contributed by atoms with Crippen molar-refractivity contribution >= 4 is 34.3 Å². The number of nitriles is 1. The van der Waals surface area contributed by atoms with Crippen LogP contribution in [0.3, 0.4) is 0 Å². The molecule has 0 aliphatic carbocycles. The van der Waals surface area contributed by atoms with E-state index in [2.05, 4.69) is 16.1 Å². The van der Waals surface area contributed by atoms with Crippen LogP contribution in [-0.4, -0.2) is 43.1 Å². The summed E-state index contributed by atoms with van der Waals surface area (Å²) in [5.41, 5.74) is 1.74. The number of methoxy groups -OCH3 is 1. The van der Waals surface area contributed by atoms with E-state index in [4.69, 9.17) is 4.74 Å². The second kappa shape index (κ2) is 8.54. The number of anilines is 1. The lowest BCUT2D eigenvalue weighted by Gasteiger charge is -2.25. The second-order valence-electron chi connectivity index (χ2n) is 5.94. The molecule has 0 atom stereocenters. The molecule has 3 rings (SSSR count). The van der Waals surface area contributed by atoms with Crippen molar-refractivity contribution in [3.8, 4) is 6.07 Å². The number of nitrogens with zero attached hydrogens (tertiary/aromatic N) is 2. The Bertz CT molecular complexity index is 948. The van der Waals surface area contributed by atoms with Crippen LogP contribution in [0.1, 0.15) is 26.4 Å². The number of hydrogen-bond donors (Lipinski definition) is 1. The molecule has 0 radical (unpaired) electrons. The normalized spacial score (nSPS) is 12.5. The van der Waals surface area contributed by atoms with Gasteiger partial charge in [-0.25, -0.2) is 9.59 Å². The molecule has 1 aromatic carbocycles. The largest absolute Gasteiger partial charge is 0.466 e. The zero-order chi connectivity index (χ0) is 20.1. The molecule has 28 heavy (non-hydrogen) atoms. The van der Waals surface area contributed by atoms with Crippen molar-refractivity contribution in [2.24, 2.45) is 0 Å². The summed E-state index contributed by atoms with van der Waals surface area (Å²) in [5, 5.41) is 12.8.